The molecule has 1 N–H and O–H groups in total. The lowest BCUT2D eigenvalue weighted by Gasteiger charge is -2.35. The first-order valence-electron chi connectivity index (χ1n) is 8.88. The van der Waals surface area contributed by atoms with Gasteiger partial charge in [-0.05, 0) is 37.6 Å². The number of likely N-dealkylation sites (N-methyl/N-ethyl adjacent to an activating group) is 1. The van der Waals surface area contributed by atoms with Crippen molar-refractivity contribution in [3.8, 4) is 0 Å². The summed E-state index contributed by atoms with van der Waals surface area (Å²) in [6, 6.07) is 7.95. The van der Waals surface area contributed by atoms with Gasteiger partial charge in [-0.1, -0.05) is 25.1 Å². The van der Waals surface area contributed by atoms with Crippen molar-refractivity contribution in [2.24, 2.45) is 0 Å². The smallest absolute Gasteiger partial charge is 0.257 e. The zero-order chi connectivity index (χ0) is 17.8. The molecule has 5 heteroatoms. The van der Waals surface area contributed by atoms with E-state index in [1.165, 1.54) is 0 Å². The second-order valence-corrected chi connectivity index (χ2v) is 6.57. The maximum Gasteiger partial charge on any atom is 0.257 e. The Labute approximate surface area is 149 Å². The third-order valence-corrected chi connectivity index (χ3v) is 4.89. The van der Waals surface area contributed by atoms with Crippen LogP contribution in [0.5, 0.6) is 0 Å². The molecular weight excluding hydrogens is 312 g/mol. The van der Waals surface area contributed by atoms with E-state index in [4.69, 9.17) is 0 Å². The van der Waals surface area contributed by atoms with Crippen LogP contribution in [-0.2, 0) is 0 Å². The third-order valence-electron chi connectivity index (χ3n) is 4.89. The molecule has 1 aliphatic rings. The molecule has 1 aromatic heterocycles. The minimum atomic E-state index is -0.112. The maximum atomic E-state index is 12.7. The highest BCUT2D eigenvalue weighted by atomic mass is 16.1. The van der Waals surface area contributed by atoms with Gasteiger partial charge in [0.15, 0.2) is 0 Å². The van der Waals surface area contributed by atoms with Gasteiger partial charge in [-0.3, -0.25) is 9.78 Å². The first-order chi connectivity index (χ1) is 12.1. The number of aryl methyl sites for hydroxylation is 2. The average Bonchev–Trinajstić information content (AvgIpc) is 2.65. The van der Waals surface area contributed by atoms with Crippen molar-refractivity contribution in [2.45, 2.75) is 20.8 Å². The predicted molar refractivity (Wildman–Crippen MR) is 102 cm³/mol. The Morgan fingerprint density at radius 2 is 1.80 bits per heavy atom. The Morgan fingerprint density at radius 1 is 1.12 bits per heavy atom. The quantitative estimate of drug-likeness (QED) is 0.931. The van der Waals surface area contributed by atoms with E-state index in [9.17, 15) is 4.79 Å². The molecule has 0 atom stereocenters. The number of aromatic nitrogens is 1. The predicted octanol–water partition coefficient (Wildman–Crippen LogP) is 3.09. The van der Waals surface area contributed by atoms with E-state index in [-0.39, 0.29) is 5.91 Å². The Balaban J connectivity index is 1.74. The van der Waals surface area contributed by atoms with Crippen LogP contribution in [0.15, 0.2) is 36.7 Å². The number of para-hydroxylation sites is 1. The molecule has 25 heavy (non-hydrogen) atoms. The molecule has 0 bridgehead atoms. The van der Waals surface area contributed by atoms with Crippen LogP contribution in [0.1, 0.15) is 28.4 Å². The number of hydrogen-bond donors (Lipinski definition) is 1. The summed E-state index contributed by atoms with van der Waals surface area (Å²) in [5.41, 5.74) is 4.62. The highest BCUT2D eigenvalue weighted by Crippen LogP contribution is 2.22. The second kappa shape index (κ2) is 7.66. The van der Waals surface area contributed by atoms with E-state index in [0.29, 0.717) is 5.56 Å². The Kier molecular flexibility index (Phi) is 5.34. The number of carbonyl (C=O) groups is 1. The van der Waals surface area contributed by atoms with Gasteiger partial charge < -0.3 is 15.1 Å². The maximum absolute atomic E-state index is 12.7. The number of hydrogen-bond acceptors (Lipinski definition) is 4. The van der Waals surface area contributed by atoms with Crippen LogP contribution in [0.3, 0.4) is 0 Å². The molecule has 5 nitrogen and oxygen atoms in total. The number of pyridine rings is 1. The van der Waals surface area contributed by atoms with Crippen LogP contribution in [0.2, 0.25) is 0 Å². The lowest BCUT2D eigenvalue weighted by Crippen LogP contribution is -2.46. The van der Waals surface area contributed by atoms with Crippen molar-refractivity contribution in [1.29, 1.82) is 0 Å². The fourth-order valence-corrected chi connectivity index (χ4v) is 3.24. The number of piperazine rings is 1. The average molecular weight is 338 g/mol. The number of nitrogens with one attached hydrogen (secondary N) is 1. The van der Waals surface area contributed by atoms with Crippen molar-refractivity contribution in [3.05, 3.63) is 53.3 Å². The van der Waals surface area contributed by atoms with E-state index in [1.807, 2.05) is 44.3 Å². The van der Waals surface area contributed by atoms with E-state index in [2.05, 4.69) is 27.0 Å². The molecule has 2 aromatic rings. The summed E-state index contributed by atoms with van der Waals surface area (Å²) in [7, 11) is 0. The summed E-state index contributed by atoms with van der Waals surface area (Å²) in [5.74, 6) is -0.112. The van der Waals surface area contributed by atoms with Crippen molar-refractivity contribution in [3.63, 3.8) is 0 Å². The van der Waals surface area contributed by atoms with Crippen LogP contribution in [0, 0.1) is 13.8 Å². The van der Waals surface area contributed by atoms with Gasteiger partial charge in [0.25, 0.3) is 5.91 Å². The molecule has 1 aliphatic heterocycles. The van der Waals surface area contributed by atoms with Gasteiger partial charge in [-0.25, -0.2) is 0 Å². The molecule has 0 saturated carbocycles. The summed E-state index contributed by atoms with van der Waals surface area (Å²) in [6.45, 7) is 11.3. The Morgan fingerprint density at radius 3 is 2.44 bits per heavy atom. The summed E-state index contributed by atoms with van der Waals surface area (Å²) >= 11 is 0. The monoisotopic (exact) mass is 338 g/mol. The summed E-state index contributed by atoms with van der Waals surface area (Å²) in [5, 5.41) is 3.04. The standard InChI is InChI=1S/C20H26N4O/c1-4-23-8-10-24(11-9-23)18-12-17(13-21-14-18)20(25)22-19-15(2)6-5-7-16(19)3/h5-7,12-14H,4,8-11H2,1-3H3,(H,22,25). The van der Waals surface area contributed by atoms with Gasteiger partial charge in [0.05, 0.1) is 17.4 Å². The zero-order valence-corrected chi connectivity index (χ0v) is 15.2. The topological polar surface area (TPSA) is 48.5 Å². The van der Waals surface area contributed by atoms with E-state index < -0.39 is 0 Å². The Bertz CT molecular complexity index is 731. The number of nitrogens with zero attached hydrogens (tertiary/aromatic N) is 3. The van der Waals surface area contributed by atoms with Crippen molar-refractivity contribution < 1.29 is 4.79 Å². The number of carbonyl (C=O) groups excluding carboxylic acids is 1. The highest BCUT2D eigenvalue weighted by molar-refractivity contribution is 6.05. The molecule has 1 saturated heterocycles. The summed E-state index contributed by atoms with van der Waals surface area (Å²) in [4.78, 5) is 21.7. The van der Waals surface area contributed by atoms with Crippen molar-refractivity contribution in [1.82, 2.24) is 9.88 Å². The molecule has 1 aromatic carbocycles. The van der Waals surface area contributed by atoms with E-state index in [0.717, 1.165) is 55.2 Å². The van der Waals surface area contributed by atoms with Gasteiger partial charge >= 0.3 is 0 Å². The molecule has 1 amide bonds. The first kappa shape index (κ1) is 17.4. The van der Waals surface area contributed by atoms with Gasteiger partial charge in [0.1, 0.15) is 0 Å². The zero-order valence-electron chi connectivity index (χ0n) is 15.2. The van der Waals surface area contributed by atoms with E-state index >= 15 is 0 Å². The molecule has 1 fully saturated rings. The van der Waals surface area contributed by atoms with E-state index in [1.54, 1.807) is 6.20 Å². The third kappa shape index (κ3) is 3.99. The van der Waals surface area contributed by atoms with Crippen LogP contribution in [0.4, 0.5) is 11.4 Å². The van der Waals surface area contributed by atoms with Gasteiger partial charge in [-0.2, -0.15) is 0 Å². The SMILES string of the molecule is CCN1CCN(c2cncc(C(=O)Nc3c(C)cccc3C)c2)CC1. The second-order valence-electron chi connectivity index (χ2n) is 6.57. The lowest BCUT2D eigenvalue weighted by atomic mass is 10.1. The minimum absolute atomic E-state index is 0.112. The van der Waals surface area contributed by atoms with Crippen LogP contribution in [0.25, 0.3) is 0 Å². The number of anilines is 2. The van der Waals surface area contributed by atoms with Crippen molar-refractivity contribution >= 4 is 17.3 Å². The molecule has 0 radical (unpaired) electrons. The van der Waals surface area contributed by atoms with Crippen LogP contribution >= 0.6 is 0 Å². The normalized spacial score (nSPS) is 15.2. The number of benzene rings is 1. The van der Waals surface area contributed by atoms with Crippen molar-refractivity contribution in [2.75, 3.05) is 42.9 Å². The van der Waals surface area contributed by atoms with Crippen LogP contribution < -0.4 is 10.2 Å². The fourth-order valence-electron chi connectivity index (χ4n) is 3.24. The molecule has 2 heterocycles. The Hall–Kier alpha value is -2.40. The van der Waals surface area contributed by atoms with Gasteiger partial charge in [-0.15, -0.1) is 0 Å². The van der Waals surface area contributed by atoms with Crippen LogP contribution in [-0.4, -0.2) is 48.5 Å². The lowest BCUT2D eigenvalue weighted by molar-refractivity contribution is 0.102. The first-order valence-corrected chi connectivity index (χ1v) is 8.88. The minimum Gasteiger partial charge on any atom is -0.368 e. The molecule has 132 valence electrons. The molecular formula is C20H26N4O. The fraction of sp³-hybridized carbons (Fsp3) is 0.400. The molecule has 0 aliphatic carbocycles. The van der Waals surface area contributed by atoms with Gasteiger partial charge in [0.2, 0.25) is 0 Å². The molecule has 0 unspecified atom stereocenters. The molecule has 3 rings (SSSR count). The molecule has 0 spiro atoms. The number of rotatable bonds is 4. The highest BCUT2D eigenvalue weighted by Gasteiger charge is 2.17. The summed E-state index contributed by atoms with van der Waals surface area (Å²) in [6.07, 6.45) is 3.48. The van der Waals surface area contributed by atoms with Gasteiger partial charge in [0, 0.05) is 38.1 Å². The summed E-state index contributed by atoms with van der Waals surface area (Å²) < 4.78 is 0. The number of amides is 1. The largest absolute Gasteiger partial charge is 0.368 e.